The van der Waals surface area contributed by atoms with Gasteiger partial charge in [-0.2, -0.15) is 13.2 Å². The molecule has 0 radical (unpaired) electrons. The molecule has 3 rings (SSSR count). The summed E-state index contributed by atoms with van der Waals surface area (Å²) in [5.41, 5.74) is -1.52. The van der Waals surface area contributed by atoms with Crippen LogP contribution in [0.1, 0.15) is 66.9 Å². The molecular formula is C28H46F3N5O5Si. The molecule has 2 aliphatic rings. The molecule has 4 atom stereocenters. The van der Waals surface area contributed by atoms with E-state index in [0.717, 1.165) is 12.4 Å². The number of likely N-dealkylation sites (tertiary alicyclic amines) is 1. The van der Waals surface area contributed by atoms with E-state index >= 15 is 0 Å². The Morgan fingerprint density at radius 3 is 2.26 bits per heavy atom. The molecule has 14 heteroatoms. The van der Waals surface area contributed by atoms with Gasteiger partial charge in [-0.05, 0) is 52.2 Å². The van der Waals surface area contributed by atoms with E-state index in [0.29, 0.717) is 32.5 Å². The minimum absolute atomic E-state index is 0.0946. The Bertz CT molecular complexity index is 1090. The number of anilines is 1. The van der Waals surface area contributed by atoms with Gasteiger partial charge in [-0.15, -0.1) is 0 Å². The molecule has 2 fully saturated rings. The summed E-state index contributed by atoms with van der Waals surface area (Å²) in [4.78, 5) is 37.2. The van der Waals surface area contributed by atoms with Crippen LogP contribution in [0.5, 0.6) is 0 Å². The fourth-order valence-corrected chi connectivity index (χ4v) is 6.06. The summed E-state index contributed by atoms with van der Waals surface area (Å²) in [7, 11) is -2.29. The van der Waals surface area contributed by atoms with Gasteiger partial charge in [0.1, 0.15) is 11.7 Å². The van der Waals surface area contributed by atoms with Gasteiger partial charge >= 0.3 is 12.3 Å². The number of ether oxygens (including phenoxy) is 2. The Kier molecular flexibility index (Phi) is 10.3. The second-order valence-electron chi connectivity index (χ2n) is 13.7. The van der Waals surface area contributed by atoms with E-state index in [1.165, 1.54) is 0 Å². The highest BCUT2D eigenvalue weighted by molar-refractivity contribution is 6.74. The lowest BCUT2D eigenvalue weighted by Crippen LogP contribution is -2.60. The standard InChI is InChI=1S/C28H46F3N5O5Si/c1-18(34-25(38)40-26(2,3)4)17-39-21-11-13-36(23(21)37)20-10-12-35(16-22(20)41-42(8,9)27(5,6)7)24-32-14-19(15-33-24)28(29,30)31/h14-15,18,20-22H,10-13,16-17H2,1-9H3,(H,34,38)/t18-,20-,21+,22+/m0/s1. The maximum absolute atomic E-state index is 13.5. The largest absolute Gasteiger partial charge is 0.444 e. The van der Waals surface area contributed by atoms with Crippen LogP contribution in [0, 0.1) is 0 Å². The number of alkyl halides is 3. The Balaban J connectivity index is 1.70. The lowest BCUT2D eigenvalue weighted by molar-refractivity contribution is -0.141. The van der Waals surface area contributed by atoms with Gasteiger partial charge in [-0.25, -0.2) is 14.8 Å². The molecule has 2 saturated heterocycles. The van der Waals surface area contributed by atoms with Crippen LogP contribution in [0.15, 0.2) is 12.4 Å². The smallest absolute Gasteiger partial charge is 0.419 e. The first-order valence-electron chi connectivity index (χ1n) is 14.4. The van der Waals surface area contributed by atoms with Crippen molar-refractivity contribution in [2.45, 2.75) is 116 Å². The predicted molar refractivity (Wildman–Crippen MR) is 155 cm³/mol. The van der Waals surface area contributed by atoms with Crippen LogP contribution < -0.4 is 10.2 Å². The first-order chi connectivity index (χ1) is 19.2. The zero-order chi connectivity index (χ0) is 31.7. The number of amides is 2. The number of aromatic nitrogens is 2. The third-order valence-corrected chi connectivity index (χ3v) is 12.4. The number of nitrogens with zero attached hydrogens (tertiary/aromatic N) is 4. The number of carbonyl (C=O) groups is 2. The van der Waals surface area contributed by atoms with Crippen molar-refractivity contribution >= 4 is 26.3 Å². The number of hydrogen-bond donors (Lipinski definition) is 1. The average molecular weight is 618 g/mol. The van der Waals surface area contributed by atoms with Crippen molar-refractivity contribution in [1.29, 1.82) is 0 Å². The minimum Gasteiger partial charge on any atom is -0.444 e. The summed E-state index contributed by atoms with van der Waals surface area (Å²) in [6.45, 7) is 19.2. The van der Waals surface area contributed by atoms with E-state index in [2.05, 4.69) is 49.1 Å². The molecule has 0 aliphatic carbocycles. The molecule has 42 heavy (non-hydrogen) atoms. The van der Waals surface area contributed by atoms with Crippen LogP contribution in [0.2, 0.25) is 18.1 Å². The van der Waals surface area contributed by atoms with Gasteiger partial charge in [0, 0.05) is 38.4 Å². The Morgan fingerprint density at radius 2 is 1.71 bits per heavy atom. The van der Waals surface area contributed by atoms with Crippen LogP contribution in [-0.4, -0.2) is 91.3 Å². The Morgan fingerprint density at radius 1 is 1.10 bits per heavy atom. The average Bonchev–Trinajstić information content (AvgIpc) is 3.20. The fraction of sp³-hybridized carbons (Fsp3) is 0.786. The number of hydrogen-bond acceptors (Lipinski definition) is 8. The van der Waals surface area contributed by atoms with Crippen LogP contribution in [-0.2, 0) is 24.9 Å². The first kappa shape index (κ1) is 34.0. The van der Waals surface area contributed by atoms with Crippen LogP contribution >= 0.6 is 0 Å². The maximum Gasteiger partial charge on any atom is 0.419 e. The van der Waals surface area contributed by atoms with Crippen molar-refractivity contribution in [1.82, 2.24) is 20.2 Å². The topological polar surface area (TPSA) is 106 Å². The zero-order valence-electron chi connectivity index (χ0n) is 26.2. The normalized spacial score (nSPS) is 23.2. The van der Waals surface area contributed by atoms with E-state index in [-0.39, 0.29) is 41.7 Å². The molecule has 0 saturated carbocycles. The third kappa shape index (κ3) is 8.79. The molecular weight excluding hydrogens is 571 g/mol. The predicted octanol–water partition coefficient (Wildman–Crippen LogP) is 5.00. The van der Waals surface area contributed by atoms with Crippen LogP contribution in [0.3, 0.4) is 0 Å². The summed E-state index contributed by atoms with van der Waals surface area (Å²) >= 11 is 0. The van der Waals surface area contributed by atoms with E-state index in [1.807, 2.05) is 9.80 Å². The van der Waals surface area contributed by atoms with Crippen molar-refractivity contribution in [3.63, 3.8) is 0 Å². The van der Waals surface area contributed by atoms with Gasteiger partial charge in [-0.3, -0.25) is 4.79 Å². The van der Waals surface area contributed by atoms with Gasteiger partial charge in [0.25, 0.3) is 5.91 Å². The first-order valence-corrected chi connectivity index (χ1v) is 17.3. The summed E-state index contributed by atoms with van der Waals surface area (Å²) in [6, 6.07) is -0.591. The molecule has 10 nitrogen and oxygen atoms in total. The van der Waals surface area contributed by atoms with E-state index in [9.17, 15) is 22.8 Å². The molecule has 1 aromatic rings. The highest BCUT2D eigenvalue weighted by Gasteiger charge is 2.47. The van der Waals surface area contributed by atoms with Gasteiger partial charge in [0.2, 0.25) is 5.95 Å². The highest BCUT2D eigenvalue weighted by atomic mass is 28.4. The molecule has 0 aromatic carbocycles. The molecule has 0 bridgehead atoms. The molecule has 2 amide bonds. The van der Waals surface area contributed by atoms with Crippen molar-refractivity contribution in [2.24, 2.45) is 0 Å². The number of nitrogens with one attached hydrogen (secondary N) is 1. The number of halogens is 3. The van der Waals surface area contributed by atoms with Crippen LogP contribution in [0.4, 0.5) is 23.9 Å². The maximum atomic E-state index is 13.5. The Labute approximate surface area is 247 Å². The monoisotopic (exact) mass is 617 g/mol. The Hall–Kier alpha value is -2.45. The van der Waals surface area contributed by atoms with E-state index in [4.69, 9.17) is 13.9 Å². The summed E-state index contributed by atoms with van der Waals surface area (Å²) in [5, 5.41) is 2.63. The van der Waals surface area contributed by atoms with Gasteiger partial charge in [0.05, 0.1) is 30.4 Å². The lowest BCUT2D eigenvalue weighted by Gasteiger charge is -2.47. The molecule has 1 N–H and O–H groups in total. The second-order valence-corrected chi connectivity index (χ2v) is 18.4. The summed E-state index contributed by atoms with van der Waals surface area (Å²) < 4.78 is 57.2. The van der Waals surface area contributed by atoms with Gasteiger partial charge < -0.3 is 29.0 Å². The second kappa shape index (κ2) is 12.6. The van der Waals surface area contributed by atoms with Gasteiger partial charge in [0.15, 0.2) is 8.32 Å². The fourth-order valence-electron chi connectivity index (χ4n) is 4.71. The number of rotatable bonds is 8. The van der Waals surface area contributed by atoms with E-state index in [1.54, 1.807) is 27.7 Å². The molecule has 0 spiro atoms. The number of carbonyl (C=O) groups excluding carboxylic acids is 2. The highest BCUT2D eigenvalue weighted by Crippen LogP contribution is 2.39. The van der Waals surface area contributed by atoms with Crippen molar-refractivity contribution in [3.05, 3.63) is 18.0 Å². The molecule has 1 aromatic heterocycles. The molecule has 2 aliphatic heterocycles. The quantitative estimate of drug-likeness (QED) is 0.407. The molecule has 238 valence electrons. The van der Waals surface area contributed by atoms with Crippen LogP contribution in [0.25, 0.3) is 0 Å². The molecule has 3 heterocycles. The van der Waals surface area contributed by atoms with E-state index < -0.39 is 37.9 Å². The minimum atomic E-state index is -4.52. The summed E-state index contributed by atoms with van der Waals surface area (Å²) in [5.74, 6) is 0.0678. The SMILES string of the molecule is C[C@@H](CO[C@@H]1CCN([C@H]2CCN(c3ncc(C(F)(F)F)cn3)C[C@H]2O[Si](C)(C)C(C)(C)C)C1=O)NC(=O)OC(C)(C)C. The van der Waals surface area contributed by atoms with Crippen molar-refractivity contribution in [2.75, 3.05) is 31.1 Å². The lowest BCUT2D eigenvalue weighted by atomic mass is 10.0. The summed E-state index contributed by atoms with van der Waals surface area (Å²) in [6.07, 6.45) is -3.46. The molecule has 0 unspecified atom stereocenters. The van der Waals surface area contributed by atoms with Crippen molar-refractivity contribution in [3.8, 4) is 0 Å². The van der Waals surface area contributed by atoms with Gasteiger partial charge in [-0.1, -0.05) is 20.8 Å². The number of alkyl carbamates (subject to hydrolysis) is 1. The van der Waals surface area contributed by atoms with Crippen molar-refractivity contribution < 1.29 is 36.7 Å². The zero-order valence-corrected chi connectivity index (χ0v) is 27.2. The third-order valence-electron chi connectivity index (χ3n) is 7.93. The number of piperidine rings is 1.